The Balaban J connectivity index is 2.63. The summed E-state index contributed by atoms with van der Waals surface area (Å²) in [6.45, 7) is 8.22. The summed E-state index contributed by atoms with van der Waals surface area (Å²) in [5, 5.41) is 0. The molecule has 2 rings (SSSR count). The van der Waals surface area contributed by atoms with E-state index in [9.17, 15) is 0 Å². The average Bonchev–Trinajstić information content (AvgIpc) is 2.23. The van der Waals surface area contributed by atoms with Gasteiger partial charge < -0.3 is 0 Å². The van der Waals surface area contributed by atoms with Gasteiger partial charge in [-0.15, -0.1) is 0 Å². The van der Waals surface area contributed by atoms with Crippen LogP contribution in [0.3, 0.4) is 0 Å². The standard InChI is InChI=1S/C14H16N2/c1-9-6-5-7-13(10(9)2)14-8-15-12(4)16-11(14)3/h5-8H,1-4H3. The summed E-state index contributed by atoms with van der Waals surface area (Å²) < 4.78 is 0. The van der Waals surface area contributed by atoms with Crippen LogP contribution in [0.4, 0.5) is 0 Å². The van der Waals surface area contributed by atoms with Crippen LogP contribution in [0.2, 0.25) is 0 Å². The first kappa shape index (κ1) is 10.8. The maximum absolute atomic E-state index is 4.41. The van der Waals surface area contributed by atoms with Crippen LogP contribution in [0.25, 0.3) is 11.1 Å². The largest absolute Gasteiger partial charge is 0.241 e. The highest BCUT2D eigenvalue weighted by Gasteiger charge is 2.07. The summed E-state index contributed by atoms with van der Waals surface area (Å²) in [5.41, 5.74) is 6.01. The van der Waals surface area contributed by atoms with Gasteiger partial charge in [0, 0.05) is 17.5 Å². The third kappa shape index (κ3) is 1.83. The summed E-state index contributed by atoms with van der Waals surface area (Å²) in [5.74, 6) is 0.826. The van der Waals surface area contributed by atoms with Crippen molar-refractivity contribution >= 4 is 0 Å². The molecule has 0 aliphatic heterocycles. The molecule has 0 aliphatic rings. The van der Waals surface area contributed by atoms with Gasteiger partial charge in [-0.25, -0.2) is 9.97 Å². The number of aryl methyl sites for hydroxylation is 3. The highest BCUT2D eigenvalue weighted by atomic mass is 14.9. The number of aromatic nitrogens is 2. The third-order valence-electron chi connectivity index (χ3n) is 2.99. The quantitative estimate of drug-likeness (QED) is 0.724. The minimum Gasteiger partial charge on any atom is -0.241 e. The second kappa shape index (κ2) is 4.05. The monoisotopic (exact) mass is 212 g/mol. The van der Waals surface area contributed by atoms with E-state index in [1.807, 2.05) is 20.0 Å². The van der Waals surface area contributed by atoms with Crippen molar-refractivity contribution in [3.63, 3.8) is 0 Å². The smallest absolute Gasteiger partial charge is 0.125 e. The summed E-state index contributed by atoms with van der Waals surface area (Å²) in [7, 11) is 0. The van der Waals surface area contributed by atoms with Gasteiger partial charge in [0.05, 0.1) is 0 Å². The molecule has 2 heteroatoms. The van der Waals surface area contributed by atoms with E-state index >= 15 is 0 Å². The van der Waals surface area contributed by atoms with Crippen LogP contribution in [0.1, 0.15) is 22.6 Å². The van der Waals surface area contributed by atoms with Crippen molar-refractivity contribution in [1.29, 1.82) is 0 Å². The fourth-order valence-corrected chi connectivity index (χ4v) is 1.89. The normalized spacial score (nSPS) is 10.5. The minimum atomic E-state index is 0.826. The second-order valence-electron chi connectivity index (χ2n) is 4.16. The Morgan fingerprint density at radius 3 is 2.38 bits per heavy atom. The van der Waals surface area contributed by atoms with Gasteiger partial charge >= 0.3 is 0 Å². The molecule has 0 unspecified atom stereocenters. The number of hydrogen-bond donors (Lipinski definition) is 0. The van der Waals surface area contributed by atoms with Gasteiger partial charge in [-0.2, -0.15) is 0 Å². The molecule has 0 aliphatic carbocycles. The number of hydrogen-bond acceptors (Lipinski definition) is 2. The topological polar surface area (TPSA) is 25.8 Å². The van der Waals surface area contributed by atoms with Gasteiger partial charge in [0.2, 0.25) is 0 Å². The summed E-state index contributed by atoms with van der Waals surface area (Å²) in [4.78, 5) is 8.69. The van der Waals surface area contributed by atoms with Crippen LogP contribution in [0.5, 0.6) is 0 Å². The molecule has 0 spiro atoms. The first-order valence-electron chi connectivity index (χ1n) is 5.46. The van der Waals surface area contributed by atoms with E-state index in [1.165, 1.54) is 16.7 Å². The van der Waals surface area contributed by atoms with Crippen molar-refractivity contribution < 1.29 is 0 Å². The van der Waals surface area contributed by atoms with Crippen LogP contribution in [-0.2, 0) is 0 Å². The van der Waals surface area contributed by atoms with Crippen molar-refractivity contribution in [2.45, 2.75) is 27.7 Å². The van der Waals surface area contributed by atoms with E-state index in [1.54, 1.807) is 0 Å². The Bertz CT molecular complexity index is 530. The van der Waals surface area contributed by atoms with E-state index in [0.717, 1.165) is 17.1 Å². The minimum absolute atomic E-state index is 0.826. The highest BCUT2D eigenvalue weighted by molar-refractivity contribution is 5.69. The maximum atomic E-state index is 4.41. The molecular weight excluding hydrogens is 196 g/mol. The maximum Gasteiger partial charge on any atom is 0.125 e. The van der Waals surface area contributed by atoms with Crippen molar-refractivity contribution in [1.82, 2.24) is 9.97 Å². The van der Waals surface area contributed by atoms with Crippen molar-refractivity contribution in [2.24, 2.45) is 0 Å². The molecule has 1 aromatic heterocycles. The zero-order valence-electron chi connectivity index (χ0n) is 10.2. The number of benzene rings is 1. The molecule has 0 radical (unpaired) electrons. The molecule has 82 valence electrons. The van der Waals surface area contributed by atoms with Gasteiger partial charge in [0.1, 0.15) is 5.82 Å². The summed E-state index contributed by atoms with van der Waals surface area (Å²) in [6.07, 6.45) is 1.92. The van der Waals surface area contributed by atoms with E-state index in [2.05, 4.69) is 42.0 Å². The van der Waals surface area contributed by atoms with Crippen LogP contribution < -0.4 is 0 Å². The highest BCUT2D eigenvalue weighted by Crippen LogP contribution is 2.26. The Hall–Kier alpha value is -1.70. The first-order chi connectivity index (χ1) is 7.59. The molecule has 1 aromatic carbocycles. The molecule has 1 heterocycles. The zero-order valence-corrected chi connectivity index (χ0v) is 10.2. The molecule has 0 saturated heterocycles. The van der Waals surface area contributed by atoms with E-state index in [-0.39, 0.29) is 0 Å². The fourth-order valence-electron chi connectivity index (χ4n) is 1.89. The molecule has 0 N–H and O–H groups in total. The van der Waals surface area contributed by atoms with Crippen LogP contribution in [0.15, 0.2) is 24.4 Å². The van der Waals surface area contributed by atoms with Crippen LogP contribution in [-0.4, -0.2) is 9.97 Å². The zero-order chi connectivity index (χ0) is 11.7. The Morgan fingerprint density at radius 1 is 0.938 bits per heavy atom. The molecule has 0 atom stereocenters. The molecule has 0 bridgehead atoms. The molecular formula is C14H16N2. The van der Waals surface area contributed by atoms with Crippen molar-refractivity contribution in [3.05, 3.63) is 47.0 Å². The molecule has 2 aromatic rings. The molecule has 0 saturated carbocycles. The van der Waals surface area contributed by atoms with Crippen LogP contribution in [0, 0.1) is 27.7 Å². The van der Waals surface area contributed by atoms with Crippen molar-refractivity contribution in [2.75, 3.05) is 0 Å². The summed E-state index contributed by atoms with van der Waals surface area (Å²) >= 11 is 0. The Kier molecular flexibility index (Phi) is 2.73. The molecule has 0 fully saturated rings. The third-order valence-corrected chi connectivity index (χ3v) is 2.99. The SMILES string of the molecule is Cc1ncc(-c2cccc(C)c2C)c(C)n1. The Labute approximate surface area is 96.4 Å². The van der Waals surface area contributed by atoms with E-state index in [4.69, 9.17) is 0 Å². The molecule has 2 nitrogen and oxygen atoms in total. The lowest BCUT2D eigenvalue weighted by Gasteiger charge is -2.10. The number of nitrogens with zero attached hydrogens (tertiary/aromatic N) is 2. The predicted molar refractivity (Wildman–Crippen MR) is 66.4 cm³/mol. The van der Waals surface area contributed by atoms with Gasteiger partial charge in [-0.1, -0.05) is 18.2 Å². The predicted octanol–water partition coefficient (Wildman–Crippen LogP) is 3.38. The van der Waals surface area contributed by atoms with Gasteiger partial charge in [-0.3, -0.25) is 0 Å². The van der Waals surface area contributed by atoms with E-state index < -0.39 is 0 Å². The van der Waals surface area contributed by atoms with Crippen LogP contribution >= 0.6 is 0 Å². The van der Waals surface area contributed by atoms with Gasteiger partial charge in [0.25, 0.3) is 0 Å². The Morgan fingerprint density at radius 2 is 1.69 bits per heavy atom. The number of rotatable bonds is 1. The lowest BCUT2D eigenvalue weighted by atomic mass is 9.97. The summed E-state index contributed by atoms with van der Waals surface area (Å²) in [6, 6.07) is 6.34. The first-order valence-corrected chi connectivity index (χ1v) is 5.46. The van der Waals surface area contributed by atoms with Gasteiger partial charge in [0.15, 0.2) is 0 Å². The van der Waals surface area contributed by atoms with E-state index in [0.29, 0.717) is 0 Å². The lowest BCUT2D eigenvalue weighted by molar-refractivity contribution is 1.01. The van der Waals surface area contributed by atoms with Gasteiger partial charge in [-0.05, 0) is 44.4 Å². The molecule has 16 heavy (non-hydrogen) atoms. The second-order valence-corrected chi connectivity index (χ2v) is 4.16. The fraction of sp³-hybridized carbons (Fsp3) is 0.286. The molecule has 0 amide bonds. The van der Waals surface area contributed by atoms with Crippen molar-refractivity contribution in [3.8, 4) is 11.1 Å². The average molecular weight is 212 g/mol. The lowest BCUT2D eigenvalue weighted by Crippen LogP contribution is -1.96.